The standard InChI is InChI=1S/3C10H12O2.Bi/c3*1-3-4-8-5-6-9(11)10(7-8)12-2;/h3*3,5-7,11H,1,4H2,2H3;/q;;;+3/p-3. The summed E-state index contributed by atoms with van der Waals surface area (Å²) in [4.78, 5) is 0. The fourth-order valence-electron chi connectivity index (χ4n) is 3.02. The van der Waals surface area contributed by atoms with Crippen LogP contribution in [0, 0.1) is 0 Å². The third kappa shape index (κ3) is 11.9. The summed E-state index contributed by atoms with van der Waals surface area (Å²) in [6, 6.07) is 15.1. The molecule has 0 N–H and O–H groups in total. The molecule has 0 unspecified atom stereocenters. The van der Waals surface area contributed by atoms with Crippen molar-refractivity contribution < 1.29 is 29.5 Å². The topological polar surface area (TPSA) is 96.9 Å². The molecule has 0 saturated heterocycles. The molecule has 3 aromatic carbocycles. The predicted octanol–water partition coefficient (Wildman–Crippen LogP) is 4.11. The Kier molecular flexibility index (Phi) is 17.0. The van der Waals surface area contributed by atoms with E-state index in [-0.39, 0.29) is 43.5 Å². The normalized spacial score (nSPS) is 9.16. The minimum Gasteiger partial charge on any atom is -0.870 e. The quantitative estimate of drug-likeness (QED) is 0.247. The van der Waals surface area contributed by atoms with E-state index in [2.05, 4.69) is 19.7 Å². The Morgan fingerprint density at radius 1 is 0.541 bits per heavy atom. The van der Waals surface area contributed by atoms with E-state index in [4.69, 9.17) is 14.2 Å². The molecule has 7 heteroatoms. The van der Waals surface area contributed by atoms with Gasteiger partial charge in [-0.25, -0.2) is 0 Å². The fourth-order valence-corrected chi connectivity index (χ4v) is 3.02. The fraction of sp³-hybridized carbons (Fsp3) is 0.200. The molecule has 0 amide bonds. The second kappa shape index (κ2) is 18.8. The Hall–Kier alpha value is -3.44. The number of hydrogen-bond donors (Lipinski definition) is 0. The van der Waals surface area contributed by atoms with Crippen LogP contribution in [0.15, 0.2) is 92.6 Å². The number of hydrogen-bond acceptors (Lipinski definition) is 6. The maximum absolute atomic E-state index is 11.1. The van der Waals surface area contributed by atoms with Crippen LogP contribution >= 0.6 is 0 Å². The summed E-state index contributed by atoms with van der Waals surface area (Å²) < 4.78 is 14.7. The molecule has 2 radical (unpaired) electrons. The summed E-state index contributed by atoms with van der Waals surface area (Å²) >= 11 is 0. The van der Waals surface area contributed by atoms with E-state index in [1.807, 2.05) is 0 Å². The van der Waals surface area contributed by atoms with E-state index in [1.54, 1.807) is 54.6 Å². The van der Waals surface area contributed by atoms with Crippen LogP contribution in [-0.4, -0.2) is 47.5 Å². The molecule has 0 bridgehead atoms. The first-order chi connectivity index (χ1) is 17.3. The molecule has 0 aliphatic heterocycles. The van der Waals surface area contributed by atoms with Crippen LogP contribution in [0.1, 0.15) is 16.7 Å². The predicted molar refractivity (Wildman–Crippen MR) is 145 cm³/mol. The van der Waals surface area contributed by atoms with Crippen LogP contribution in [0.2, 0.25) is 0 Å². The molecule has 3 rings (SSSR count). The van der Waals surface area contributed by atoms with Crippen LogP contribution in [-0.2, 0) is 19.3 Å². The zero-order valence-electron chi connectivity index (χ0n) is 21.6. The molecule has 0 atom stereocenters. The van der Waals surface area contributed by atoms with Crippen molar-refractivity contribution >= 4 is 26.2 Å². The molecule has 0 fully saturated rings. The van der Waals surface area contributed by atoms with Crippen LogP contribution < -0.4 is 29.5 Å². The molecule has 0 aromatic heterocycles. The zero-order valence-corrected chi connectivity index (χ0v) is 25.0. The van der Waals surface area contributed by atoms with Gasteiger partial charge in [0.2, 0.25) is 0 Å². The second-order valence-corrected chi connectivity index (χ2v) is 7.43. The van der Waals surface area contributed by atoms with Crippen LogP contribution in [0.25, 0.3) is 0 Å². The van der Waals surface area contributed by atoms with Crippen molar-refractivity contribution in [1.82, 2.24) is 0 Å². The van der Waals surface area contributed by atoms with Gasteiger partial charge in [-0.05, 0) is 54.2 Å². The van der Waals surface area contributed by atoms with Crippen molar-refractivity contribution in [3.63, 3.8) is 0 Å². The second-order valence-electron chi connectivity index (χ2n) is 7.43. The summed E-state index contributed by atoms with van der Waals surface area (Å²) in [6.07, 6.45) is 7.65. The molecule has 0 saturated carbocycles. The van der Waals surface area contributed by atoms with Gasteiger partial charge >= 0.3 is 26.2 Å². The Labute approximate surface area is 239 Å². The number of rotatable bonds is 9. The molecule has 0 spiro atoms. The molecule has 37 heavy (non-hydrogen) atoms. The first kappa shape index (κ1) is 33.6. The van der Waals surface area contributed by atoms with Gasteiger partial charge in [0.25, 0.3) is 0 Å². The van der Waals surface area contributed by atoms with Gasteiger partial charge < -0.3 is 29.5 Å². The third-order valence-electron chi connectivity index (χ3n) is 4.82. The third-order valence-corrected chi connectivity index (χ3v) is 4.82. The van der Waals surface area contributed by atoms with E-state index in [9.17, 15) is 15.3 Å². The van der Waals surface area contributed by atoms with E-state index in [0.29, 0.717) is 17.2 Å². The Bertz CT molecular complexity index is 986. The van der Waals surface area contributed by atoms with Crippen LogP contribution in [0.3, 0.4) is 0 Å². The first-order valence-corrected chi connectivity index (χ1v) is 11.2. The van der Waals surface area contributed by atoms with Crippen molar-refractivity contribution in [2.24, 2.45) is 0 Å². The average molecular weight is 699 g/mol. The number of methoxy groups -OCH3 is 3. The molecule has 6 nitrogen and oxygen atoms in total. The first-order valence-electron chi connectivity index (χ1n) is 11.2. The van der Waals surface area contributed by atoms with Crippen molar-refractivity contribution in [1.29, 1.82) is 0 Å². The summed E-state index contributed by atoms with van der Waals surface area (Å²) in [5, 5.41) is 33.2. The Morgan fingerprint density at radius 2 is 0.784 bits per heavy atom. The van der Waals surface area contributed by atoms with E-state index in [0.717, 1.165) is 36.0 Å². The molecule has 3 aromatic rings. The largest absolute Gasteiger partial charge is 3.00 e. The molecule has 0 aliphatic carbocycles. The minimum absolute atomic E-state index is 0. The van der Waals surface area contributed by atoms with Gasteiger partial charge in [0.1, 0.15) is 17.2 Å². The maximum atomic E-state index is 11.1. The Balaban J connectivity index is 0.000000518. The summed E-state index contributed by atoms with van der Waals surface area (Å²) in [5.41, 5.74) is 3.13. The maximum Gasteiger partial charge on any atom is 3.00 e. The van der Waals surface area contributed by atoms with E-state index < -0.39 is 0 Å². The number of benzene rings is 3. The van der Waals surface area contributed by atoms with Gasteiger partial charge in [-0.2, -0.15) is 0 Å². The van der Waals surface area contributed by atoms with Crippen LogP contribution in [0.4, 0.5) is 0 Å². The number of allylic oxidation sites excluding steroid dienone is 3. The SMILES string of the molecule is C=CCc1ccc([O-])c(OC)c1.C=CCc1ccc([O-])c(OC)c1.C=CCc1ccc([O-])c(OC)c1.[Bi+3]. The minimum atomic E-state index is -0.0784. The average Bonchev–Trinajstić information content (AvgIpc) is 2.88. The van der Waals surface area contributed by atoms with Crippen molar-refractivity contribution in [3.05, 3.63) is 109 Å². The Morgan fingerprint density at radius 3 is 0.973 bits per heavy atom. The van der Waals surface area contributed by atoms with Gasteiger partial charge in [0.15, 0.2) is 0 Å². The van der Waals surface area contributed by atoms with Crippen molar-refractivity contribution in [3.8, 4) is 34.5 Å². The van der Waals surface area contributed by atoms with Crippen molar-refractivity contribution in [2.75, 3.05) is 21.3 Å². The zero-order chi connectivity index (χ0) is 26.9. The molecule has 0 heterocycles. The summed E-state index contributed by atoms with van der Waals surface area (Å²) in [6.45, 7) is 10.8. The van der Waals surface area contributed by atoms with Crippen molar-refractivity contribution in [2.45, 2.75) is 19.3 Å². The van der Waals surface area contributed by atoms with Crippen LogP contribution in [0.5, 0.6) is 34.5 Å². The van der Waals surface area contributed by atoms with Gasteiger partial charge in [0, 0.05) is 0 Å². The molecule has 194 valence electrons. The van der Waals surface area contributed by atoms with E-state index in [1.165, 1.54) is 39.5 Å². The van der Waals surface area contributed by atoms with Gasteiger partial charge in [0.05, 0.1) is 21.3 Å². The monoisotopic (exact) mass is 698 g/mol. The van der Waals surface area contributed by atoms with Gasteiger partial charge in [-0.15, -0.1) is 19.7 Å². The van der Waals surface area contributed by atoms with Gasteiger partial charge in [-0.1, -0.05) is 71.9 Å². The smallest absolute Gasteiger partial charge is 0.870 e. The van der Waals surface area contributed by atoms with E-state index >= 15 is 0 Å². The molecular formula is C30H33BiO6. The number of ether oxygens (including phenoxy) is 3. The molecule has 0 aliphatic rings. The summed E-state index contributed by atoms with van der Waals surface area (Å²) in [5.74, 6) is 0.957. The van der Waals surface area contributed by atoms with Gasteiger partial charge in [-0.3, -0.25) is 0 Å². The summed E-state index contributed by atoms with van der Waals surface area (Å²) in [7, 11) is 4.48. The molecular weight excluding hydrogens is 665 g/mol.